The molecule has 0 saturated carbocycles. The van der Waals surface area contributed by atoms with E-state index in [0.29, 0.717) is 11.6 Å². The van der Waals surface area contributed by atoms with Crippen LogP contribution in [-0.2, 0) is 0 Å². The summed E-state index contributed by atoms with van der Waals surface area (Å²) in [5.74, 6) is 0. The Balaban J connectivity index is 2.86. The average molecular weight is 198 g/mol. The summed E-state index contributed by atoms with van der Waals surface area (Å²) in [4.78, 5) is 5.00. The fraction of sp³-hybridized carbons (Fsp3) is 1.00. The summed E-state index contributed by atoms with van der Waals surface area (Å²) in [6.45, 7) is 12.9. The number of nitrogens with zero attached hydrogens (tertiary/aromatic N) is 2. The Kier molecular flexibility index (Phi) is 2.99. The van der Waals surface area contributed by atoms with E-state index in [1.165, 1.54) is 13.0 Å². The zero-order valence-corrected chi connectivity index (χ0v) is 10.9. The molecular weight excluding hydrogens is 172 g/mol. The summed E-state index contributed by atoms with van der Waals surface area (Å²) in [6.07, 6.45) is 1.29. The second-order valence-electron chi connectivity index (χ2n) is 6.24. The molecule has 2 heteroatoms. The molecule has 0 spiro atoms. The number of rotatable bonds is 1. The van der Waals surface area contributed by atoms with Gasteiger partial charge in [-0.05, 0) is 55.1 Å². The molecule has 0 unspecified atom stereocenters. The fourth-order valence-corrected chi connectivity index (χ4v) is 3.16. The van der Waals surface area contributed by atoms with Crippen molar-refractivity contribution in [3.8, 4) is 0 Å². The number of hydrogen-bond acceptors (Lipinski definition) is 2. The summed E-state index contributed by atoms with van der Waals surface area (Å²) >= 11 is 0. The fourth-order valence-electron chi connectivity index (χ4n) is 3.16. The zero-order chi connectivity index (χ0) is 11.1. The lowest BCUT2D eigenvalue weighted by Gasteiger charge is -2.45. The van der Waals surface area contributed by atoms with Gasteiger partial charge >= 0.3 is 0 Å². The Hall–Kier alpha value is -0.0800. The molecule has 0 aromatic heterocycles. The summed E-state index contributed by atoms with van der Waals surface area (Å²) in [6, 6.07) is 0.682. The first-order valence-corrected chi connectivity index (χ1v) is 5.61. The van der Waals surface area contributed by atoms with Gasteiger partial charge in [0.25, 0.3) is 0 Å². The molecule has 1 heterocycles. The van der Waals surface area contributed by atoms with Crippen molar-refractivity contribution >= 4 is 0 Å². The van der Waals surface area contributed by atoms with E-state index in [4.69, 9.17) is 0 Å². The van der Waals surface area contributed by atoms with Gasteiger partial charge in [0, 0.05) is 23.7 Å². The molecule has 14 heavy (non-hydrogen) atoms. The van der Waals surface area contributed by atoms with Crippen LogP contribution in [0.15, 0.2) is 0 Å². The Labute approximate surface area is 89.3 Å². The van der Waals surface area contributed by atoms with Crippen molar-refractivity contribution in [2.75, 3.05) is 20.6 Å². The van der Waals surface area contributed by atoms with Crippen LogP contribution in [0.1, 0.15) is 41.0 Å². The lowest BCUT2D eigenvalue weighted by Crippen LogP contribution is -2.56. The van der Waals surface area contributed by atoms with Gasteiger partial charge in [0.15, 0.2) is 0 Å². The summed E-state index contributed by atoms with van der Waals surface area (Å²) in [5.41, 5.74) is 0.579. The normalized spacial score (nSPS) is 28.7. The van der Waals surface area contributed by atoms with Crippen LogP contribution in [0.4, 0.5) is 0 Å². The average Bonchev–Trinajstić information content (AvgIpc) is 2.22. The minimum absolute atomic E-state index is 0.286. The van der Waals surface area contributed by atoms with E-state index in [-0.39, 0.29) is 5.54 Å². The van der Waals surface area contributed by atoms with Gasteiger partial charge in [0.2, 0.25) is 0 Å². The third kappa shape index (κ3) is 1.96. The Bertz CT molecular complexity index is 201. The Morgan fingerprint density at radius 3 is 1.93 bits per heavy atom. The smallest absolute Gasteiger partial charge is 0.0313 e. The van der Waals surface area contributed by atoms with Crippen LogP contribution < -0.4 is 0 Å². The molecule has 0 aliphatic carbocycles. The Morgan fingerprint density at radius 2 is 1.71 bits per heavy atom. The monoisotopic (exact) mass is 198 g/mol. The van der Waals surface area contributed by atoms with Gasteiger partial charge in [-0.15, -0.1) is 0 Å². The van der Waals surface area contributed by atoms with E-state index in [1.807, 2.05) is 0 Å². The van der Waals surface area contributed by atoms with E-state index in [2.05, 4.69) is 58.5 Å². The standard InChI is InChI=1S/C12H26N2/c1-11(2,3)14-9-8-10(13(6)7)12(14,4)5/h10H,8-9H2,1-7H3/t10-/m0/s1. The van der Waals surface area contributed by atoms with Crippen molar-refractivity contribution < 1.29 is 0 Å². The second-order valence-corrected chi connectivity index (χ2v) is 6.24. The Morgan fingerprint density at radius 1 is 1.21 bits per heavy atom. The second kappa shape index (κ2) is 3.49. The SMILES string of the molecule is CN(C)[C@H]1CCN(C(C)(C)C)C1(C)C. The first-order chi connectivity index (χ1) is 6.17. The van der Waals surface area contributed by atoms with E-state index in [0.717, 1.165) is 0 Å². The lowest BCUT2D eigenvalue weighted by molar-refractivity contribution is 0.0361. The molecular formula is C12H26N2. The summed E-state index contributed by atoms with van der Waals surface area (Å²) in [7, 11) is 4.39. The van der Waals surface area contributed by atoms with Gasteiger partial charge in [-0.3, -0.25) is 4.90 Å². The van der Waals surface area contributed by atoms with E-state index < -0.39 is 0 Å². The molecule has 1 aliphatic rings. The third-order valence-electron chi connectivity index (χ3n) is 3.57. The molecule has 1 saturated heterocycles. The van der Waals surface area contributed by atoms with Crippen molar-refractivity contribution in [1.29, 1.82) is 0 Å². The highest BCUT2D eigenvalue weighted by Gasteiger charge is 2.46. The molecule has 2 nitrogen and oxygen atoms in total. The molecule has 0 amide bonds. The van der Waals surface area contributed by atoms with Crippen LogP contribution in [0.25, 0.3) is 0 Å². The minimum Gasteiger partial charge on any atom is -0.305 e. The lowest BCUT2D eigenvalue weighted by atomic mass is 9.91. The summed E-state index contributed by atoms with van der Waals surface area (Å²) < 4.78 is 0. The minimum atomic E-state index is 0.286. The van der Waals surface area contributed by atoms with Crippen molar-refractivity contribution in [1.82, 2.24) is 9.80 Å². The van der Waals surface area contributed by atoms with Crippen molar-refractivity contribution in [2.45, 2.75) is 58.2 Å². The number of likely N-dealkylation sites (N-methyl/N-ethyl adjacent to an activating group) is 1. The van der Waals surface area contributed by atoms with Gasteiger partial charge in [-0.2, -0.15) is 0 Å². The highest BCUT2D eigenvalue weighted by Crippen LogP contribution is 2.36. The molecule has 0 N–H and O–H groups in total. The molecule has 1 fully saturated rings. The van der Waals surface area contributed by atoms with Crippen LogP contribution in [0.2, 0.25) is 0 Å². The van der Waals surface area contributed by atoms with Crippen LogP contribution in [0.5, 0.6) is 0 Å². The molecule has 1 rings (SSSR count). The van der Waals surface area contributed by atoms with Gasteiger partial charge in [-0.1, -0.05) is 0 Å². The highest BCUT2D eigenvalue weighted by molar-refractivity contribution is 5.03. The quantitative estimate of drug-likeness (QED) is 0.637. The van der Waals surface area contributed by atoms with Crippen molar-refractivity contribution in [2.24, 2.45) is 0 Å². The predicted octanol–water partition coefficient (Wildman–Crippen LogP) is 2.20. The number of hydrogen-bond donors (Lipinski definition) is 0. The van der Waals surface area contributed by atoms with Crippen molar-refractivity contribution in [3.05, 3.63) is 0 Å². The maximum Gasteiger partial charge on any atom is 0.0313 e. The van der Waals surface area contributed by atoms with Gasteiger partial charge in [0.1, 0.15) is 0 Å². The van der Waals surface area contributed by atoms with E-state index in [1.54, 1.807) is 0 Å². The van der Waals surface area contributed by atoms with Crippen LogP contribution >= 0.6 is 0 Å². The van der Waals surface area contributed by atoms with Gasteiger partial charge < -0.3 is 4.90 Å². The molecule has 0 bridgehead atoms. The first-order valence-electron chi connectivity index (χ1n) is 5.61. The molecule has 0 radical (unpaired) electrons. The topological polar surface area (TPSA) is 6.48 Å². The molecule has 1 atom stereocenters. The largest absolute Gasteiger partial charge is 0.305 e. The third-order valence-corrected chi connectivity index (χ3v) is 3.57. The van der Waals surface area contributed by atoms with Gasteiger partial charge in [0.05, 0.1) is 0 Å². The molecule has 0 aromatic carbocycles. The van der Waals surface area contributed by atoms with E-state index in [9.17, 15) is 0 Å². The van der Waals surface area contributed by atoms with Crippen LogP contribution in [0, 0.1) is 0 Å². The maximum absolute atomic E-state index is 2.63. The highest BCUT2D eigenvalue weighted by atomic mass is 15.3. The van der Waals surface area contributed by atoms with Crippen molar-refractivity contribution in [3.63, 3.8) is 0 Å². The molecule has 1 aliphatic heterocycles. The van der Waals surface area contributed by atoms with Crippen LogP contribution in [0.3, 0.4) is 0 Å². The predicted molar refractivity (Wildman–Crippen MR) is 62.6 cm³/mol. The van der Waals surface area contributed by atoms with E-state index >= 15 is 0 Å². The summed E-state index contributed by atoms with van der Waals surface area (Å²) in [5, 5.41) is 0. The number of likely N-dealkylation sites (tertiary alicyclic amines) is 1. The first kappa shape index (κ1) is 12.0. The maximum atomic E-state index is 2.63. The molecule has 84 valence electrons. The molecule has 0 aromatic rings. The van der Waals surface area contributed by atoms with Gasteiger partial charge in [-0.25, -0.2) is 0 Å². The van der Waals surface area contributed by atoms with Crippen LogP contribution in [-0.4, -0.2) is 47.6 Å². The zero-order valence-electron chi connectivity index (χ0n) is 10.9.